The topological polar surface area (TPSA) is 107 Å². The quantitative estimate of drug-likeness (QED) is 0.431. The number of likely N-dealkylation sites (tertiary alicyclic amines) is 1. The van der Waals surface area contributed by atoms with Crippen molar-refractivity contribution < 1.29 is 19.4 Å². The normalized spacial score (nSPS) is 21.1. The van der Waals surface area contributed by atoms with Crippen LogP contribution < -0.4 is 10.6 Å². The van der Waals surface area contributed by atoms with Crippen molar-refractivity contribution in [1.29, 1.82) is 0 Å². The van der Waals surface area contributed by atoms with E-state index < -0.39 is 6.09 Å². The fourth-order valence-corrected chi connectivity index (χ4v) is 5.95. The van der Waals surface area contributed by atoms with Gasteiger partial charge in [-0.3, -0.25) is 0 Å². The summed E-state index contributed by atoms with van der Waals surface area (Å²) in [6.07, 6.45) is 9.93. The minimum absolute atomic E-state index is 0.00394. The Labute approximate surface area is 207 Å². The summed E-state index contributed by atoms with van der Waals surface area (Å²) in [6, 6.07) is 0.141. The first kappa shape index (κ1) is 26.7. The Morgan fingerprint density at radius 1 is 1.29 bits per heavy atom. The number of ether oxygens (including phenoxy) is 1. The molecule has 2 aliphatic rings. The lowest BCUT2D eigenvalue weighted by Gasteiger charge is -2.37. The molecule has 1 aromatic rings. The van der Waals surface area contributed by atoms with Crippen molar-refractivity contribution in [2.45, 2.75) is 63.5 Å². The van der Waals surface area contributed by atoms with E-state index in [0.29, 0.717) is 25.6 Å². The fourth-order valence-electron chi connectivity index (χ4n) is 5.17. The van der Waals surface area contributed by atoms with Gasteiger partial charge in [-0.05, 0) is 32.2 Å². The van der Waals surface area contributed by atoms with Crippen molar-refractivity contribution in [2.24, 2.45) is 11.8 Å². The summed E-state index contributed by atoms with van der Waals surface area (Å²) in [5.74, 6) is 0.829. The van der Waals surface area contributed by atoms with Crippen LogP contribution in [0.25, 0.3) is 0 Å². The molecule has 3 atom stereocenters. The number of urea groups is 1. The Morgan fingerprint density at radius 2 is 2.09 bits per heavy atom. The maximum Gasteiger partial charge on any atom is 0.407 e. The van der Waals surface area contributed by atoms with Crippen LogP contribution in [0, 0.1) is 11.8 Å². The van der Waals surface area contributed by atoms with E-state index in [4.69, 9.17) is 9.84 Å². The van der Waals surface area contributed by atoms with E-state index >= 15 is 0 Å². The van der Waals surface area contributed by atoms with Crippen LogP contribution in [0.15, 0.2) is 11.6 Å². The summed E-state index contributed by atoms with van der Waals surface area (Å²) in [5, 5.41) is 18.4. The highest BCUT2D eigenvalue weighted by molar-refractivity contribution is 7.09. The highest BCUT2D eigenvalue weighted by Crippen LogP contribution is 2.34. The number of carbonyl (C=O) groups is 2. The van der Waals surface area contributed by atoms with Crippen LogP contribution in [0.1, 0.15) is 62.5 Å². The maximum atomic E-state index is 13.2. The average molecular weight is 496 g/mol. The zero-order valence-electron chi connectivity index (χ0n) is 20.6. The second-order valence-corrected chi connectivity index (χ2v) is 10.6. The first-order valence-corrected chi connectivity index (χ1v) is 13.5. The molecular formula is C24H41N5O4S. The Hall–Kier alpha value is -1.91. The fraction of sp³-hybridized carbons (Fsp3) is 0.792. The third kappa shape index (κ3) is 8.09. The molecule has 9 nitrogen and oxygen atoms in total. The van der Waals surface area contributed by atoms with Gasteiger partial charge in [0.1, 0.15) is 11.1 Å². The number of amides is 3. The lowest BCUT2D eigenvalue weighted by molar-refractivity contribution is -0.0156. The number of rotatable bonds is 11. The highest BCUT2D eigenvalue weighted by atomic mass is 32.1. The van der Waals surface area contributed by atoms with Crippen LogP contribution in [0.3, 0.4) is 0 Å². The minimum atomic E-state index is -0.973. The summed E-state index contributed by atoms with van der Waals surface area (Å²) >= 11 is 1.54. The van der Waals surface area contributed by atoms with Crippen LogP contribution in [0.5, 0.6) is 0 Å². The maximum absolute atomic E-state index is 13.2. The molecule has 10 heteroatoms. The predicted molar refractivity (Wildman–Crippen MR) is 133 cm³/mol. The number of carbonyl (C=O) groups excluding carboxylic acids is 1. The molecule has 0 spiro atoms. The molecule has 1 aromatic heterocycles. The molecule has 3 N–H and O–H groups in total. The number of carboxylic acid groups (broad SMARTS) is 1. The van der Waals surface area contributed by atoms with Crippen molar-refractivity contribution in [2.75, 3.05) is 46.9 Å². The summed E-state index contributed by atoms with van der Waals surface area (Å²) < 4.78 is 6.17. The molecule has 0 bridgehead atoms. The van der Waals surface area contributed by atoms with Crippen LogP contribution in [0.2, 0.25) is 0 Å². The average Bonchev–Trinajstić information content (AvgIpc) is 3.37. The summed E-state index contributed by atoms with van der Waals surface area (Å²) in [7, 11) is 3.47. The van der Waals surface area contributed by atoms with E-state index in [0.717, 1.165) is 37.4 Å². The van der Waals surface area contributed by atoms with Crippen molar-refractivity contribution >= 4 is 23.5 Å². The summed E-state index contributed by atoms with van der Waals surface area (Å²) in [6.45, 7) is 2.72. The molecule has 34 heavy (non-hydrogen) atoms. The van der Waals surface area contributed by atoms with Crippen molar-refractivity contribution in [3.05, 3.63) is 16.6 Å². The van der Waals surface area contributed by atoms with Crippen molar-refractivity contribution in [3.63, 3.8) is 0 Å². The Morgan fingerprint density at radius 3 is 2.76 bits per heavy atom. The first-order valence-electron chi connectivity index (χ1n) is 12.6. The van der Waals surface area contributed by atoms with Gasteiger partial charge in [0.15, 0.2) is 0 Å². The van der Waals surface area contributed by atoms with E-state index in [1.165, 1.54) is 44.1 Å². The summed E-state index contributed by atoms with van der Waals surface area (Å²) in [5.41, 5.74) is 0. The van der Waals surface area contributed by atoms with Gasteiger partial charge in [0.05, 0.1) is 6.61 Å². The van der Waals surface area contributed by atoms with Gasteiger partial charge in [0, 0.05) is 56.8 Å². The molecule has 192 valence electrons. The number of hydrogen-bond acceptors (Lipinski definition) is 6. The molecule has 2 heterocycles. The molecule has 0 radical (unpaired) electrons. The number of nitrogens with zero attached hydrogens (tertiary/aromatic N) is 3. The molecule has 3 rings (SSSR count). The van der Waals surface area contributed by atoms with Gasteiger partial charge in [0.25, 0.3) is 0 Å². The molecule has 1 aliphatic heterocycles. The third-order valence-electron chi connectivity index (χ3n) is 7.04. The summed E-state index contributed by atoms with van der Waals surface area (Å²) in [4.78, 5) is 31.9. The second kappa shape index (κ2) is 13.8. The third-order valence-corrected chi connectivity index (χ3v) is 7.88. The lowest BCUT2D eigenvalue weighted by atomic mass is 9.85. The van der Waals surface area contributed by atoms with Gasteiger partial charge in [-0.25, -0.2) is 14.6 Å². The molecular weight excluding hydrogens is 454 g/mol. The van der Waals surface area contributed by atoms with E-state index in [1.54, 1.807) is 17.5 Å². The first-order chi connectivity index (χ1) is 16.5. The number of aromatic nitrogens is 1. The van der Waals surface area contributed by atoms with Gasteiger partial charge in [-0.1, -0.05) is 32.1 Å². The van der Waals surface area contributed by atoms with Crippen LogP contribution in [0.4, 0.5) is 9.59 Å². The van der Waals surface area contributed by atoms with E-state index in [9.17, 15) is 9.59 Å². The number of nitrogens with one attached hydrogen (secondary N) is 2. The molecule has 1 saturated carbocycles. The second-order valence-electron chi connectivity index (χ2n) is 9.66. The largest absolute Gasteiger partial charge is 0.465 e. The molecule has 3 amide bonds. The standard InChI is InChI=1S/C24H41N5O4S/c1-25-16-20(15-18-7-4-3-5-8-18)27-23(30)29-11-6-9-19(17-29)21(22-26-10-14-34-22)33-13-12-28(2)24(31)32/h10,14,18-21,25H,3-9,11-13,15-17H2,1-2H3,(H,27,30)(H,31,32)/t19-,20+,21?/m1/s1. The number of piperidine rings is 1. The van der Waals surface area contributed by atoms with E-state index in [1.807, 2.05) is 17.3 Å². The zero-order chi connectivity index (χ0) is 24.3. The van der Waals surface area contributed by atoms with Crippen LogP contribution in [-0.4, -0.2) is 84.9 Å². The van der Waals surface area contributed by atoms with Gasteiger partial charge in [-0.15, -0.1) is 11.3 Å². The Kier molecular flexibility index (Phi) is 10.9. The molecule has 2 fully saturated rings. The van der Waals surface area contributed by atoms with Gasteiger partial charge < -0.3 is 30.3 Å². The van der Waals surface area contributed by atoms with E-state index in [-0.39, 0.29) is 24.1 Å². The van der Waals surface area contributed by atoms with Gasteiger partial charge in [-0.2, -0.15) is 0 Å². The van der Waals surface area contributed by atoms with Crippen molar-refractivity contribution in [3.8, 4) is 0 Å². The van der Waals surface area contributed by atoms with Gasteiger partial charge >= 0.3 is 12.1 Å². The van der Waals surface area contributed by atoms with E-state index in [2.05, 4.69) is 15.6 Å². The predicted octanol–water partition coefficient (Wildman–Crippen LogP) is 3.79. The molecule has 1 aliphatic carbocycles. The molecule has 0 aromatic carbocycles. The SMILES string of the molecule is CNC[C@H](CC1CCCCC1)NC(=O)N1CCC[C@@H](C(OCCN(C)C(=O)O)c2nccs2)C1. The minimum Gasteiger partial charge on any atom is -0.465 e. The Balaban J connectivity index is 1.58. The lowest BCUT2D eigenvalue weighted by Crippen LogP contribution is -2.52. The zero-order valence-corrected chi connectivity index (χ0v) is 21.4. The number of hydrogen-bond donors (Lipinski definition) is 3. The Bertz CT molecular complexity index is 744. The van der Waals surface area contributed by atoms with Crippen LogP contribution in [-0.2, 0) is 4.74 Å². The van der Waals surface area contributed by atoms with Gasteiger partial charge in [0.2, 0.25) is 0 Å². The molecule has 1 saturated heterocycles. The molecule has 1 unspecified atom stereocenters. The monoisotopic (exact) mass is 495 g/mol. The highest BCUT2D eigenvalue weighted by Gasteiger charge is 2.33. The number of thiazole rings is 1. The van der Waals surface area contributed by atoms with Crippen LogP contribution >= 0.6 is 11.3 Å². The van der Waals surface area contributed by atoms with Crippen molar-refractivity contribution in [1.82, 2.24) is 25.4 Å². The smallest absolute Gasteiger partial charge is 0.407 e. The number of likely N-dealkylation sites (N-methyl/N-ethyl adjacent to an activating group) is 2.